The molecule has 1 aromatic rings. The van der Waals surface area contributed by atoms with E-state index in [2.05, 4.69) is 0 Å². The second kappa shape index (κ2) is 6.39. The van der Waals surface area contributed by atoms with Gasteiger partial charge in [-0.2, -0.15) is 0 Å². The summed E-state index contributed by atoms with van der Waals surface area (Å²) in [5.74, 6) is -1.46. The number of carbonyl (C=O) groups is 3. The molecule has 1 heterocycles. The molecule has 0 saturated carbocycles. The lowest BCUT2D eigenvalue weighted by Gasteiger charge is -2.33. The fourth-order valence-electron chi connectivity index (χ4n) is 2.34. The summed E-state index contributed by atoms with van der Waals surface area (Å²) in [6.07, 6.45) is 0. The van der Waals surface area contributed by atoms with Gasteiger partial charge in [-0.05, 0) is 18.6 Å². The Kier molecular flexibility index (Phi) is 4.57. The van der Waals surface area contributed by atoms with Crippen LogP contribution in [0.3, 0.4) is 0 Å². The van der Waals surface area contributed by atoms with Gasteiger partial charge in [0.05, 0.1) is 12.7 Å². The Labute approximate surface area is 123 Å². The number of carbonyl (C=O) groups excluding carboxylic acids is 3. The molecular weight excluding hydrogens is 272 g/mol. The quantitative estimate of drug-likeness (QED) is 0.603. The van der Waals surface area contributed by atoms with E-state index in [1.54, 1.807) is 24.3 Å². The maximum Gasteiger partial charge on any atom is 0.338 e. The first-order valence-corrected chi connectivity index (χ1v) is 6.82. The van der Waals surface area contributed by atoms with E-state index in [0.717, 1.165) is 0 Å². The number of piperazine rings is 1. The van der Waals surface area contributed by atoms with Crippen molar-refractivity contribution in [1.82, 2.24) is 9.80 Å². The monoisotopic (exact) mass is 290 g/mol. The highest BCUT2D eigenvalue weighted by Crippen LogP contribution is 2.15. The molecule has 2 rings (SSSR count). The van der Waals surface area contributed by atoms with Gasteiger partial charge in [-0.3, -0.25) is 9.59 Å². The van der Waals surface area contributed by atoms with E-state index in [1.165, 1.54) is 16.9 Å². The first-order chi connectivity index (χ1) is 10.1. The number of methoxy groups -OCH3 is 1. The molecule has 6 heteroatoms. The summed E-state index contributed by atoms with van der Waals surface area (Å²) in [5.41, 5.74) is 1.09. The van der Waals surface area contributed by atoms with Crippen molar-refractivity contribution in [1.29, 1.82) is 0 Å². The number of amides is 2. The smallest absolute Gasteiger partial charge is 0.338 e. The van der Waals surface area contributed by atoms with Gasteiger partial charge in [-0.25, -0.2) is 4.79 Å². The number of esters is 1. The van der Waals surface area contributed by atoms with E-state index in [1.807, 2.05) is 6.92 Å². The van der Waals surface area contributed by atoms with Crippen LogP contribution in [0.25, 0.3) is 0 Å². The van der Waals surface area contributed by atoms with Crippen LogP contribution in [0.5, 0.6) is 0 Å². The van der Waals surface area contributed by atoms with Crippen LogP contribution in [0, 0.1) is 0 Å². The fraction of sp³-hybridized carbons (Fsp3) is 0.400. The topological polar surface area (TPSA) is 66.9 Å². The van der Waals surface area contributed by atoms with Gasteiger partial charge in [-0.15, -0.1) is 0 Å². The molecule has 0 aromatic heterocycles. The molecule has 1 aliphatic rings. The Morgan fingerprint density at radius 1 is 1.14 bits per heavy atom. The standard InChI is InChI=1S/C15H18N2O4/c1-3-16-8-9-17(14(19)13(16)18)10-11-6-4-5-7-12(11)15(20)21-2/h4-7H,3,8-10H2,1-2H3. The number of ether oxygens (including phenoxy) is 1. The van der Waals surface area contributed by atoms with E-state index in [4.69, 9.17) is 4.74 Å². The third-order valence-corrected chi connectivity index (χ3v) is 3.56. The van der Waals surface area contributed by atoms with E-state index in [0.29, 0.717) is 30.8 Å². The fourth-order valence-corrected chi connectivity index (χ4v) is 2.34. The molecular formula is C15H18N2O4. The number of benzene rings is 1. The number of nitrogens with zero attached hydrogens (tertiary/aromatic N) is 2. The predicted octanol–water partition coefficient (Wildman–Crippen LogP) is 0.664. The molecule has 6 nitrogen and oxygen atoms in total. The average molecular weight is 290 g/mol. The Bertz CT molecular complexity index is 571. The van der Waals surface area contributed by atoms with Gasteiger partial charge < -0.3 is 14.5 Å². The molecule has 0 bridgehead atoms. The van der Waals surface area contributed by atoms with Gasteiger partial charge in [0.1, 0.15) is 0 Å². The van der Waals surface area contributed by atoms with Crippen molar-refractivity contribution in [3.8, 4) is 0 Å². The van der Waals surface area contributed by atoms with Crippen molar-refractivity contribution in [3.05, 3.63) is 35.4 Å². The number of hydrogen-bond donors (Lipinski definition) is 0. The summed E-state index contributed by atoms with van der Waals surface area (Å²) in [6.45, 7) is 3.58. The highest BCUT2D eigenvalue weighted by atomic mass is 16.5. The van der Waals surface area contributed by atoms with Crippen molar-refractivity contribution in [3.63, 3.8) is 0 Å². The van der Waals surface area contributed by atoms with E-state index >= 15 is 0 Å². The largest absolute Gasteiger partial charge is 0.465 e. The minimum atomic E-state index is -0.525. The molecule has 112 valence electrons. The highest BCUT2D eigenvalue weighted by Gasteiger charge is 2.32. The molecule has 0 aliphatic carbocycles. The Morgan fingerprint density at radius 2 is 1.76 bits per heavy atom. The third kappa shape index (κ3) is 3.04. The van der Waals surface area contributed by atoms with Crippen molar-refractivity contribution >= 4 is 17.8 Å². The molecule has 0 unspecified atom stereocenters. The second-order valence-electron chi connectivity index (χ2n) is 4.76. The SMILES string of the molecule is CCN1CCN(Cc2ccccc2C(=O)OC)C(=O)C1=O. The molecule has 0 N–H and O–H groups in total. The maximum absolute atomic E-state index is 12.1. The number of rotatable bonds is 4. The van der Waals surface area contributed by atoms with E-state index in [-0.39, 0.29) is 6.54 Å². The molecule has 1 aliphatic heterocycles. The number of likely N-dealkylation sites (N-methyl/N-ethyl adjacent to an activating group) is 1. The van der Waals surface area contributed by atoms with E-state index in [9.17, 15) is 14.4 Å². The molecule has 1 saturated heterocycles. The van der Waals surface area contributed by atoms with Crippen LogP contribution >= 0.6 is 0 Å². The molecule has 1 fully saturated rings. The van der Waals surface area contributed by atoms with Crippen molar-refractivity contribution in [2.75, 3.05) is 26.7 Å². The molecule has 0 spiro atoms. The Balaban J connectivity index is 2.18. The normalized spacial score (nSPS) is 15.3. The minimum absolute atomic E-state index is 0.230. The maximum atomic E-state index is 12.1. The summed E-state index contributed by atoms with van der Waals surface area (Å²) in [4.78, 5) is 38.6. The van der Waals surface area contributed by atoms with Crippen molar-refractivity contribution in [2.45, 2.75) is 13.5 Å². The Hall–Kier alpha value is -2.37. The first kappa shape index (κ1) is 15.0. The van der Waals surface area contributed by atoms with Crippen molar-refractivity contribution in [2.24, 2.45) is 0 Å². The van der Waals surface area contributed by atoms with Gasteiger partial charge in [0.2, 0.25) is 0 Å². The summed E-state index contributed by atoms with van der Waals surface area (Å²) in [6, 6.07) is 6.93. The lowest BCUT2D eigenvalue weighted by atomic mass is 10.1. The zero-order chi connectivity index (χ0) is 15.4. The second-order valence-corrected chi connectivity index (χ2v) is 4.76. The lowest BCUT2D eigenvalue weighted by Crippen LogP contribution is -2.53. The third-order valence-electron chi connectivity index (χ3n) is 3.56. The van der Waals surface area contributed by atoms with Crippen LogP contribution in [0.15, 0.2) is 24.3 Å². The van der Waals surface area contributed by atoms with Gasteiger partial charge in [0, 0.05) is 26.2 Å². The molecule has 2 amide bonds. The lowest BCUT2D eigenvalue weighted by molar-refractivity contribution is -0.156. The molecule has 1 aromatic carbocycles. The van der Waals surface area contributed by atoms with E-state index < -0.39 is 17.8 Å². The van der Waals surface area contributed by atoms with Gasteiger partial charge in [-0.1, -0.05) is 18.2 Å². The van der Waals surface area contributed by atoms with Crippen LogP contribution in [0.1, 0.15) is 22.8 Å². The first-order valence-electron chi connectivity index (χ1n) is 6.82. The van der Waals surface area contributed by atoms with Crippen LogP contribution in [-0.4, -0.2) is 54.3 Å². The zero-order valence-corrected chi connectivity index (χ0v) is 12.2. The molecule has 0 atom stereocenters. The van der Waals surface area contributed by atoms with Gasteiger partial charge >= 0.3 is 17.8 Å². The van der Waals surface area contributed by atoms with Crippen LogP contribution in [0.2, 0.25) is 0 Å². The summed E-state index contributed by atoms with van der Waals surface area (Å²) < 4.78 is 4.73. The van der Waals surface area contributed by atoms with Crippen LogP contribution < -0.4 is 0 Å². The average Bonchev–Trinajstić information content (AvgIpc) is 2.52. The van der Waals surface area contributed by atoms with Gasteiger partial charge in [0.15, 0.2) is 0 Å². The van der Waals surface area contributed by atoms with Gasteiger partial charge in [0.25, 0.3) is 0 Å². The van der Waals surface area contributed by atoms with Crippen LogP contribution in [0.4, 0.5) is 0 Å². The summed E-state index contributed by atoms with van der Waals surface area (Å²) >= 11 is 0. The zero-order valence-electron chi connectivity index (χ0n) is 12.2. The minimum Gasteiger partial charge on any atom is -0.465 e. The molecule has 21 heavy (non-hydrogen) atoms. The van der Waals surface area contributed by atoms with Crippen LogP contribution in [-0.2, 0) is 20.9 Å². The highest BCUT2D eigenvalue weighted by molar-refractivity contribution is 6.35. The number of hydrogen-bond acceptors (Lipinski definition) is 4. The Morgan fingerprint density at radius 3 is 2.43 bits per heavy atom. The summed E-state index contributed by atoms with van der Waals surface area (Å²) in [5, 5.41) is 0. The predicted molar refractivity (Wildman–Crippen MR) is 75.5 cm³/mol. The summed E-state index contributed by atoms with van der Waals surface area (Å²) in [7, 11) is 1.31. The molecule has 0 radical (unpaired) electrons. The van der Waals surface area contributed by atoms with Crippen molar-refractivity contribution < 1.29 is 19.1 Å².